The summed E-state index contributed by atoms with van der Waals surface area (Å²) < 4.78 is 0. The summed E-state index contributed by atoms with van der Waals surface area (Å²) in [5.41, 5.74) is 6.01. The van der Waals surface area contributed by atoms with E-state index in [4.69, 9.17) is 0 Å². The van der Waals surface area contributed by atoms with Crippen LogP contribution in [0.1, 0.15) is 39.5 Å². The van der Waals surface area contributed by atoms with Crippen LogP contribution in [0.5, 0.6) is 0 Å². The van der Waals surface area contributed by atoms with E-state index in [9.17, 15) is 0 Å². The van der Waals surface area contributed by atoms with Crippen LogP contribution in [-0.2, 0) is 0 Å². The van der Waals surface area contributed by atoms with Gasteiger partial charge in [-0.3, -0.25) is 0 Å². The minimum absolute atomic E-state index is 1.18. The molecule has 0 aromatic carbocycles. The Morgan fingerprint density at radius 3 is 2.69 bits per heavy atom. The average Bonchev–Trinajstić information content (AvgIpc) is 2.22. The Hall–Kier alpha value is -1.30. The Labute approximate surface area is 98.8 Å². The molecule has 0 saturated carbocycles. The molecule has 0 unspecified atom stereocenters. The molecule has 0 atom stereocenters. The fraction of sp³-hybridized carbons (Fsp3) is 0.375. The predicted molar refractivity (Wildman–Crippen MR) is 71.3 cm³/mol. The Morgan fingerprint density at radius 1 is 0.938 bits per heavy atom. The minimum atomic E-state index is 1.18. The highest BCUT2D eigenvalue weighted by Crippen LogP contribution is 2.28. The van der Waals surface area contributed by atoms with Gasteiger partial charge in [-0.25, -0.2) is 0 Å². The van der Waals surface area contributed by atoms with E-state index in [-0.39, 0.29) is 0 Å². The third kappa shape index (κ3) is 2.63. The summed E-state index contributed by atoms with van der Waals surface area (Å²) in [6.45, 7) is 4.51. The van der Waals surface area contributed by atoms with Crippen molar-refractivity contribution in [3.8, 4) is 0 Å². The second-order valence-corrected chi connectivity index (χ2v) is 4.72. The van der Waals surface area contributed by atoms with Crippen LogP contribution in [-0.4, -0.2) is 0 Å². The highest BCUT2D eigenvalue weighted by molar-refractivity contribution is 5.47. The molecule has 0 radical (unpaired) electrons. The lowest BCUT2D eigenvalue weighted by atomic mass is 9.89. The molecule has 0 aromatic heterocycles. The van der Waals surface area contributed by atoms with Crippen LogP contribution in [0, 0.1) is 0 Å². The molecule has 0 heterocycles. The third-order valence-electron chi connectivity index (χ3n) is 3.39. The molecule has 2 aliphatic rings. The summed E-state index contributed by atoms with van der Waals surface area (Å²) in [5, 5.41) is 0. The van der Waals surface area contributed by atoms with Gasteiger partial charge in [-0.2, -0.15) is 0 Å². The van der Waals surface area contributed by atoms with Crippen LogP contribution in [0.4, 0.5) is 0 Å². The van der Waals surface area contributed by atoms with Gasteiger partial charge in [-0.15, -0.1) is 0 Å². The molecular weight excluding hydrogens is 192 g/mol. The van der Waals surface area contributed by atoms with Crippen molar-refractivity contribution < 1.29 is 0 Å². The number of hydrogen-bond donors (Lipinski definition) is 0. The van der Waals surface area contributed by atoms with Crippen molar-refractivity contribution in [3.05, 3.63) is 58.7 Å². The fourth-order valence-corrected chi connectivity index (χ4v) is 2.30. The first-order valence-electron chi connectivity index (χ1n) is 6.17. The SMILES string of the molecule is CC1=CC=CC2=CC=CCCC(C)=C2CC1. The third-order valence-corrected chi connectivity index (χ3v) is 3.39. The Kier molecular flexibility index (Phi) is 3.61. The average molecular weight is 212 g/mol. The maximum atomic E-state index is 2.29. The Morgan fingerprint density at radius 2 is 1.81 bits per heavy atom. The van der Waals surface area contributed by atoms with E-state index in [1.165, 1.54) is 36.8 Å². The van der Waals surface area contributed by atoms with Crippen molar-refractivity contribution in [1.29, 1.82) is 0 Å². The molecule has 16 heavy (non-hydrogen) atoms. The summed E-state index contributed by atoms with van der Waals surface area (Å²) >= 11 is 0. The van der Waals surface area contributed by atoms with E-state index in [1.54, 1.807) is 11.1 Å². The standard InChI is InChI=1S/C16H20/c1-13-7-6-10-15-9-5-3-4-8-14(2)16(15)12-11-13/h3,5-7,9-10H,4,8,11-12H2,1-2H3. The molecule has 84 valence electrons. The van der Waals surface area contributed by atoms with Crippen molar-refractivity contribution in [1.82, 2.24) is 0 Å². The number of hydrogen-bond acceptors (Lipinski definition) is 0. The van der Waals surface area contributed by atoms with Gasteiger partial charge in [0.25, 0.3) is 0 Å². The van der Waals surface area contributed by atoms with Gasteiger partial charge in [0.05, 0.1) is 0 Å². The van der Waals surface area contributed by atoms with Crippen molar-refractivity contribution in [2.45, 2.75) is 39.5 Å². The van der Waals surface area contributed by atoms with E-state index in [0.29, 0.717) is 0 Å². The monoisotopic (exact) mass is 212 g/mol. The van der Waals surface area contributed by atoms with Crippen LogP contribution in [0.15, 0.2) is 58.7 Å². The van der Waals surface area contributed by atoms with E-state index < -0.39 is 0 Å². The molecule has 0 amide bonds. The first kappa shape index (κ1) is 11.2. The molecule has 0 aliphatic heterocycles. The predicted octanol–water partition coefficient (Wildman–Crippen LogP) is 4.88. The molecule has 0 heteroatoms. The van der Waals surface area contributed by atoms with Crippen molar-refractivity contribution in [3.63, 3.8) is 0 Å². The van der Waals surface area contributed by atoms with Crippen LogP contribution >= 0.6 is 0 Å². The second kappa shape index (κ2) is 5.16. The molecule has 0 spiro atoms. The van der Waals surface area contributed by atoms with Gasteiger partial charge < -0.3 is 0 Å². The topological polar surface area (TPSA) is 0 Å². The number of allylic oxidation sites excluding steroid dienone is 10. The quantitative estimate of drug-likeness (QED) is 0.537. The Bertz CT molecular complexity index is 411. The zero-order valence-corrected chi connectivity index (χ0v) is 10.3. The van der Waals surface area contributed by atoms with E-state index in [1.807, 2.05) is 0 Å². The normalized spacial score (nSPS) is 21.4. The molecule has 0 nitrogen and oxygen atoms in total. The molecule has 0 N–H and O–H groups in total. The van der Waals surface area contributed by atoms with Crippen LogP contribution in [0.25, 0.3) is 0 Å². The van der Waals surface area contributed by atoms with E-state index in [2.05, 4.69) is 50.3 Å². The first-order valence-corrected chi connectivity index (χ1v) is 6.17. The lowest BCUT2D eigenvalue weighted by Crippen LogP contribution is -1.97. The molecule has 0 saturated heterocycles. The molecule has 2 aliphatic carbocycles. The van der Waals surface area contributed by atoms with Crippen molar-refractivity contribution in [2.24, 2.45) is 0 Å². The lowest BCUT2D eigenvalue weighted by molar-refractivity contribution is 0.876. The van der Waals surface area contributed by atoms with Gasteiger partial charge in [-0.1, -0.05) is 47.6 Å². The Balaban J connectivity index is 2.41. The largest absolute Gasteiger partial charge is 0.0842 e. The highest BCUT2D eigenvalue weighted by Gasteiger charge is 2.09. The van der Waals surface area contributed by atoms with Crippen molar-refractivity contribution >= 4 is 0 Å². The molecular formula is C16H20. The highest BCUT2D eigenvalue weighted by atomic mass is 14.1. The second-order valence-electron chi connectivity index (χ2n) is 4.72. The summed E-state index contributed by atoms with van der Waals surface area (Å²) in [5.74, 6) is 0. The summed E-state index contributed by atoms with van der Waals surface area (Å²) in [6.07, 6.45) is 18.2. The van der Waals surface area contributed by atoms with Gasteiger partial charge in [-0.05, 0) is 50.7 Å². The van der Waals surface area contributed by atoms with Crippen LogP contribution < -0.4 is 0 Å². The lowest BCUT2D eigenvalue weighted by Gasteiger charge is -2.16. The number of fused-ring (bicyclic) bond motifs is 1. The minimum Gasteiger partial charge on any atom is -0.0842 e. The summed E-state index contributed by atoms with van der Waals surface area (Å²) in [4.78, 5) is 0. The van der Waals surface area contributed by atoms with Crippen LogP contribution in [0.3, 0.4) is 0 Å². The van der Waals surface area contributed by atoms with Gasteiger partial charge in [0, 0.05) is 0 Å². The van der Waals surface area contributed by atoms with Gasteiger partial charge >= 0.3 is 0 Å². The number of rotatable bonds is 0. The summed E-state index contributed by atoms with van der Waals surface area (Å²) in [6, 6.07) is 0. The fourth-order valence-electron chi connectivity index (χ4n) is 2.30. The maximum absolute atomic E-state index is 2.29. The first-order chi connectivity index (χ1) is 7.77. The zero-order chi connectivity index (χ0) is 11.4. The van der Waals surface area contributed by atoms with Gasteiger partial charge in [0.15, 0.2) is 0 Å². The van der Waals surface area contributed by atoms with Gasteiger partial charge in [0.1, 0.15) is 0 Å². The molecule has 2 rings (SSSR count). The zero-order valence-electron chi connectivity index (χ0n) is 10.3. The smallest absolute Gasteiger partial charge is 0.0225 e. The van der Waals surface area contributed by atoms with Gasteiger partial charge in [0.2, 0.25) is 0 Å². The van der Waals surface area contributed by atoms with Crippen LogP contribution in [0.2, 0.25) is 0 Å². The molecule has 0 bridgehead atoms. The van der Waals surface area contributed by atoms with E-state index in [0.717, 1.165) is 0 Å². The maximum Gasteiger partial charge on any atom is -0.0225 e. The molecule has 0 fully saturated rings. The molecule has 0 aromatic rings. The van der Waals surface area contributed by atoms with Crippen molar-refractivity contribution in [2.75, 3.05) is 0 Å². The summed E-state index contributed by atoms with van der Waals surface area (Å²) in [7, 11) is 0. The van der Waals surface area contributed by atoms with E-state index >= 15 is 0 Å².